The van der Waals surface area contributed by atoms with Gasteiger partial charge in [-0.25, -0.2) is 14.1 Å². The number of carbonyl (C=O) groups is 1. The van der Waals surface area contributed by atoms with E-state index in [0.717, 1.165) is 0 Å². The minimum atomic E-state index is -0.557. The van der Waals surface area contributed by atoms with Gasteiger partial charge in [-0.15, -0.1) is 0 Å². The van der Waals surface area contributed by atoms with Crippen LogP contribution in [0, 0.1) is 5.82 Å². The van der Waals surface area contributed by atoms with Gasteiger partial charge >= 0.3 is 0 Å². The molecule has 2 aromatic carbocycles. The highest BCUT2D eigenvalue weighted by Gasteiger charge is 2.18. The number of carbonyl (C=O) groups excluding carboxylic acids is 1. The molecule has 0 saturated heterocycles. The Hall–Kier alpha value is -3.26. The zero-order chi connectivity index (χ0) is 19.7. The predicted molar refractivity (Wildman–Crippen MR) is 108 cm³/mol. The summed E-state index contributed by atoms with van der Waals surface area (Å²) in [6, 6.07) is 16.7. The molecule has 8 heteroatoms. The monoisotopic (exact) mass is 440 g/mol. The lowest BCUT2D eigenvalue weighted by Gasteiger charge is -2.13. The molecule has 0 bridgehead atoms. The summed E-state index contributed by atoms with van der Waals surface area (Å²) in [7, 11) is 0. The van der Waals surface area contributed by atoms with Crippen molar-refractivity contribution >= 4 is 38.6 Å². The molecule has 0 atom stereocenters. The highest BCUT2D eigenvalue weighted by Crippen LogP contribution is 2.20. The largest absolute Gasteiger partial charge is 0.322 e. The van der Waals surface area contributed by atoms with Gasteiger partial charge in [-0.3, -0.25) is 14.3 Å². The molecule has 6 nitrogen and oxygen atoms in total. The van der Waals surface area contributed by atoms with Crippen molar-refractivity contribution in [2.45, 2.75) is 6.54 Å². The topological polar surface area (TPSA) is 68.9 Å². The zero-order valence-corrected chi connectivity index (χ0v) is 16.1. The average molecular weight is 441 g/mol. The highest BCUT2D eigenvalue weighted by molar-refractivity contribution is 9.10. The molecule has 0 spiro atoms. The van der Waals surface area contributed by atoms with Crippen molar-refractivity contribution in [1.29, 1.82) is 0 Å². The van der Waals surface area contributed by atoms with E-state index in [2.05, 4.69) is 26.2 Å². The molecule has 140 valence electrons. The van der Waals surface area contributed by atoms with Crippen LogP contribution in [0.15, 0.2) is 76.1 Å². The van der Waals surface area contributed by atoms with Gasteiger partial charge in [0.1, 0.15) is 12.4 Å². The van der Waals surface area contributed by atoms with E-state index in [0.29, 0.717) is 21.2 Å². The van der Waals surface area contributed by atoms with Crippen LogP contribution in [-0.2, 0) is 11.3 Å². The third kappa shape index (κ3) is 3.34. The van der Waals surface area contributed by atoms with E-state index in [1.54, 1.807) is 48.7 Å². The average Bonchev–Trinajstić information content (AvgIpc) is 2.97. The number of nitrogens with one attached hydrogen (secondary N) is 1. The predicted octanol–water partition coefficient (Wildman–Crippen LogP) is 3.73. The van der Waals surface area contributed by atoms with Crippen molar-refractivity contribution in [2.75, 3.05) is 5.32 Å². The lowest BCUT2D eigenvalue weighted by atomic mass is 10.3. The number of pyridine rings is 1. The molecule has 4 aromatic rings. The van der Waals surface area contributed by atoms with Gasteiger partial charge in [-0.1, -0.05) is 34.1 Å². The lowest BCUT2D eigenvalue weighted by molar-refractivity contribution is -0.117. The van der Waals surface area contributed by atoms with Crippen LogP contribution in [0.25, 0.3) is 16.7 Å². The first kappa shape index (κ1) is 18.1. The summed E-state index contributed by atoms with van der Waals surface area (Å²) in [4.78, 5) is 29.7. The second-order valence-corrected chi connectivity index (χ2v) is 6.97. The molecule has 28 heavy (non-hydrogen) atoms. The summed E-state index contributed by atoms with van der Waals surface area (Å²) in [6.45, 7) is -0.208. The Balaban J connectivity index is 1.76. The number of rotatable bonds is 4. The van der Waals surface area contributed by atoms with E-state index < -0.39 is 11.7 Å². The molecule has 0 aliphatic rings. The molecular weight excluding hydrogens is 427 g/mol. The second-order valence-electron chi connectivity index (χ2n) is 6.06. The van der Waals surface area contributed by atoms with Crippen molar-refractivity contribution in [3.63, 3.8) is 0 Å². The lowest BCUT2D eigenvalue weighted by Crippen LogP contribution is -2.27. The van der Waals surface area contributed by atoms with Crippen LogP contribution >= 0.6 is 15.9 Å². The van der Waals surface area contributed by atoms with Gasteiger partial charge in [-0.05, 0) is 42.5 Å². The molecule has 0 aliphatic carbocycles. The van der Waals surface area contributed by atoms with Crippen LogP contribution in [0.4, 0.5) is 10.1 Å². The summed E-state index contributed by atoms with van der Waals surface area (Å²) in [5.74, 6) is -1.04. The van der Waals surface area contributed by atoms with Crippen molar-refractivity contribution in [2.24, 2.45) is 0 Å². The molecule has 4 rings (SSSR count). The molecule has 0 unspecified atom stereocenters. The number of benzene rings is 2. The fourth-order valence-electron chi connectivity index (χ4n) is 2.98. The van der Waals surface area contributed by atoms with Crippen LogP contribution in [0.2, 0.25) is 0 Å². The molecule has 0 aliphatic heterocycles. The number of amides is 1. The summed E-state index contributed by atoms with van der Waals surface area (Å²) in [6.07, 6.45) is 1.56. The van der Waals surface area contributed by atoms with Crippen molar-refractivity contribution in [3.05, 3.63) is 87.5 Å². The Kier molecular flexibility index (Phi) is 4.79. The molecule has 0 saturated carbocycles. The number of anilines is 1. The van der Waals surface area contributed by atoms with Gasteiger partial charge < -0.3 is 5.32 Å². The molecular formula is C20H14BrFN4O2. The van der Waals surface area contributed by atoms with E-state index >= 15 is 0 Å². The first-order valence-corrected chi connectivity index (χ1v) is 9.21. The number of nitrogens with zero attached hydrogens (tertiary/aromatic N) is 3. The summed E-state index contributed by atoms with van der Waals surface area (Å²) in [5.41, 5.74) is 0.763. The Morgan fingerprint density at radius 3 is 2.64 bits per heavy atom. The number of fused-ring (bicyclic) bond motifs is 1. The first-order chi connectivity index (χ1) is 13.5. The SMILES string of the molecule is O=C(Cn1c2ncccc2c(=O)n1-c1ccccc1)Nc1ccc(Br)cc1F. The van der Waals surface area contributed by atoms with Crippen LogP contribution in [0.1, 0.15) is 0 Å². The Morgan fingerprint density at radius 2 is 1.89 bits per heavy atom. The summed E-state index contributed by atoms with van der Waals surface area (Å²) in [5, 5.41) is 2.94. The first-order valence-electron chi connectivity index (χ1n) is 8.41. The molecule has 2 heterocycles. The smallest absolute Gasteiger partial charge is 0.280 e. The molecule has 1 N–H and O–H groups in total. The van der Waals surface area contributed by atoms with Crippen LogP contribution in [-0.4, -0.2) is 20.3 Å². The molecule has 0 fully saturated rings. The van der Waals surface area contributed by atoms with Crippen LogP contribution in [0.3, 0.4) is 0 Å². The van der Waals surface area contributed by atoms with Gasteiger partial charge in [0.2, 0.25) is 5.91 Å². The van der Waals surface area contributed by atoms with Gasteiger partial charge in [0, 0.05) is 10.7 Å². The molecule has 2 aromatic heterocycles. The van der Waals surface area contributed by atoms with Crippen LogP contribution < -0.4 is 10.9 Å². The summed E-state index contributed by atoms with van der Waals surface area (Å²) >= 11 is 3.18. The van der Waals surface area contributed by atoms with Crippen LogP contribution in [0.5, 0.6) is 0 Å². The van der Waals surface area contributed by atoms with Gasteiger partial charge in [0.05, 0.1) is 16.8 Å². The number of aromatic nitrogens is 3. The third-order valence-electron chi connectivity index (χ3n) is 4.19. The Morgan fingerprint density at radius 1 is 1.11 bits per heavy atom. The summed E-state index contributed by atoms with van der Waals surface area (Å²) < 4.78 is 17.5. The fraction of sp³-hybridized carbons (Fsp3) is 0.0500. The van der Waals surface area contributed by atoms with E-state index in [-0.39, 0.29) is 17.8 Å². The van der Waals surface area contributed by atoms with E-state index in [1.165, 1.54) is 21.5 Å². The maximum Gasteiger partial charge on any atom is 0.280 e. The number of halogens is 2. The minimum Gasteiger partial charge on any atom is -0.322 e. The highest BCUT2D eigenvalue weighted by atomic mass is 79.9. The Bertz CT molecular complexity index is 1230. The normalized spacial score (nSPS) is 10.9. The second kappa shape index (κ2) is 7.40. The standard InChI is InChI=1S/C20H14BrFN4O2/c21-13-8-9-17(16(22)11-13)24-18(27)12-25-19-15(7-4-10-23-19)20(28)26(25)14-5-2-1-3-6-14/h1-11H,12H2,(H,24,27). The van der Waals surface area contributed by atoms with E-state index in [1.807, 2.05) is 6.07 Å². The maximum absolute atomic E-state index is 14.0. The zero-order valence-electron chi connectivity index (χ0n) is 14.5. The maximum atomic E-state index is 14.0. The van der Waals surface area contributed by atoms with E-state index in [4.69, 9.17) is 0 Å². The van der Waals surface area contributed by atoms with Gasteiger partial charge in [0.25, 0.3) is 5.56 Å². The van der Waals surface area contributed by atoms with Crippen molar-refractivity contribution in [3.8, 4) is 5.69 Å². The van der Waals surface area contributed by atoms with Gasteiger partial charge in [-0.2, -0.15) is 0 Å². The number of hydrogen-bond acceptors (Lipinski definition) is 3. The Labute approximate surface area is 167 Å². The van der Waals surface area contributed by atoms with E-state index in [9.17, 15) is 14.0 Å². The fourth-order valence-corrected chi connectivity index (χ4v) is 3.31. The van der Waals surface area contributed by atoms with Crippen molar-refractivity contribution in [1.82, 2.24) is 14.3 Å². The molecule has 0 radical (unpaired) electrons. The number of para-hydroxylation sites is 1. The minimum absolute atomic E-state index is 0.0613. The van der Waals surface area contributed by atoms with Crippen molar-refractivity contribution < 1.29 is 9.18 Å². The third-order valence-corrected chi connectivity index (χ3v) is 4.69. The quantitative estimate of drug-likeness (QED) is 0.525. The van der Waals surface area contributed by atoms with Gasteiger partial charge in [0.15, 0.2) is 5.65 Å². The number of hydrogen-bond donors (Lipinski definition) is 1. The molecule has 1 amide bonds.